The number of aromatic nitrogens is 1. The highest BCUT2D eigenvalue weighted by atomic mass is 35.5. The van der Waals surface area contributed by atoms with Crippen molar-refractivity contribution in [3.63, 3.8) is 0 Å². The van der Waals surface area contributed by atoms with Gasteiger partial charge in [-0.05, 0) is 24.6 Å². The van der Waals surface area contributed by atoms with Gasteiger partial charge in [0, 0.05) is 30.1 Å². The molecule has 2 aromatic rings. The van der Waals surface area contributed by atoms with Crippen molar-refractivity contribution in [2.24, 2.45) is 5.73 Å². The molecule has 1 atom stereocenters. The maximum Gasteiger partial charge on any atom is 0.245 e. The van der Waals surface area contributed by atoms with Gasteiger partial charge in [-0.15, -0.1) is 12.4 Å². The van der Waals surface area contributed by atoms with Crippen LogP contribution in [0.1, 0.15) is 6.42 Å². The topological polar surface area (TPSA) is 93.4 Å². The van der Waals surface area contributed by atoms with E-state index in [1.807, 2.05) is 0 Å². The number of carbonyl (C=O) groups excluding carboxylic acids is 1. The van der Waals surface area contributed by atoms with Crippen molar-refractivity contribution >= 4 is 34.0 Å². The maximum absolute atomic E-state index is 11.9. The number of sulfone groups is 1. The second kappa shape index (κ2) is 6.88. The summed E-state index contributed by atoms with van der Waals surface area (Å²) in [6.45, 7) is 0.548. The van der Waals surface area contributed by atoms with Gasteiger partial charge in [0.25, 0.3) is 0 Å². The average molecular weight is 368 g/mol. The lowest BCUT2D eigenvalue weighted by Gasteiger charge is -2.15. The van der Waals surface area contributed by atoms with Crippen LogP contribution in [-0.2, 0) is 14.6 Å². The van der Waals surface area contributed by atoms with Crippen LogP contribution in [0.3, 0.4) is 0 Å². The number of hydrogen-bond donors (Lipinski definition) is 1. The molecule has 8 heteroatoms. The van der Waals surface area contributed by atoms with E-state index >= 15 is 0 Å². The van der Waals surface area contributed by atoms with Crippen molar-refractivity contribution in [1.82, 2.24) is 4.98 Å². The molecule has 2 N–H and O–H groups in total. The molecule has 0 unspecified atom stereocenters. The van der Waals surface area contributed by atoms with E-state index in [9.17, 15) is 13.2 Å². The summed E-state index contributed by atoms with van der Waals surface area (Å²) >= 11 is 0. The van der Waals surface area contributed by atoms with Crippen LogP contribution in [0.25, 0.3) is 11.1 Å². The van der Waals surface area contributed by atoms with Crippen molar-refractivity contribution in [3.8, 4) is 11.1 Å². The van der Waals surface area contributed by atoms with Crippen molar-refractivity contribution in [3.05, 3.63) is 42.6 Å². The normalized spacial score (nSPS) is 17.7. The van der Waals surface area contributed by atoms with Crippen LogP contribution in [-0.4, -0.2) is 38.2 Å². The third-order valence-corrected chi connectivity index (χ3v) is 5.02. The first-order chi connectivity index (χ1) is 10.9. The second-order valence-electron chi connectivity index (χ2n) is 5.56. The van der Waals surface area contributed by atoms with Crippen LogP contribution in [0.2, 0.25) is 0 Å². The number of benzene rings is 1. The molecule has 0 spiro atoms. The highest BCUT2D eigenvalue weighted by Gasteiger charge is 2.30. The number of halogens is 1. The van der Waals surface area contributed by atoms with Crippen LogP contribution in [0, 0.1) is 0 Å². The molecule has 3 rings (SSSR count). The van der Waals surface area contributed by atoms with Gasteiger partial charge < -0.3 is 5.73 Å². The maximum atomic E-state index is 11.9. The molecule has 1 aromatic carbocycles. The lowest BCUT2D eigenvalue weighted by Crippen LogP contribution is -2.34. The van der Waals surface area contributed by atoms with E-state index in [-0.39, 0.29) is 23.2 Å². The highest BCUT2D eigenvalue weighted by Crippen LogP contribution is 2.28. The van der Waals surface area contributed by atoms with Gasteiger partial charge in [-0.25, -0.2) is 13.4 Å². The Morgan fingerprint density at radius 1 is 1.21 bits per heavy atom. The Bertz CT molecular complexity index is 853. The van der Waals surface area contributed by atoms with Crippen LogP contribution in [0.5, 0.6) is 0 Å². The molecule has 0 bridgehead atoms. The summed E-state index contributed by atoms with van der Waals surface area (Å²) in [5.74, 6) is 0.394. The first-order valence-corrected chi connectivity index (χ1v) is 9.09. The molecule has 0 radical (unpaired) electrons. The third-order valence-electron chi connectivity index (χ3n) is 3.87. The van der Waals surface area contributed by atoms with Crippen LogP contribution >= 0.6 is 12.4 Å². The van der Waals surface area contributed by atoms with Gasteiger partial charge in [-0.3, -0.25) is 9.69 Å². The molecular weight excluding hydrogens is 350 g/mol. The van der Waals surface area contributed by atoms with Gasteiger partial charge in [0.05, 0.1) is 10.9 Å². The third kappa shape index (κ3) is 3.43. The van der Waals surface area contributed by atoms with E-state index in [0.29, 0.717) is 29.9 Å². The molecule has 1 fully saturated rings. The van der Waals surface area contributed by atoms with Crippen molar-refractivity contribution in [2.75, 3.05) is 17.7 Å². The van der Waals surface area contributed by atoms with Gasteiger partial charge in [0.2, 0.25) is 5.91 Å². The van der Waals surface area contributed by atoms with Gasteiger partial charge in [0.1, 0.15) is 5.82 Å². The predicted octanol–water partition coefficient (Wildman–Crippen LogP) is 1.64. The van der Waals surface area contributed by atoms with E-state index in [1.54, 1.807) is 47.5 Å². The smallest absolute Gasteiger partial charge is 0.245 e. The minimum atomic E-state index is -3.33. The lowest BCUT2D eigenvalue weighted by atomic mass is 10.1. The summed E-state index contributed by atoms with van der Waals surface area (Å²) in [6, 6.07) is 9.79. The van der Waals surface area contributed by atoms with Gasteiger partial charge >= 0.3 is 0 Å². The molecule has 1 aliphatic heterocycles. The fourth-order valence-electron chi connectivity index (χ4n) is 2.66. The number of rotatable bonds is 3. The zero-order valence-electron chi connectivity index (χ0n) is 13.0. The number of pyridine rings is 1. The lowest BCUT2D eigenvalue weighted by molar-refractivity contribution is -0.118. The largest absolute Gasteiger partial charge is 0.320 e. The first-order valence-electron chi connectivity index (χ1n) is 7.20. The minimum absolute atomic E-state index is 0. The number of nitrogens with two attached hydrogens (primary N) is 1. The molecule has 0 saturated carbocycles. The van der Waals surface area contributed by atoms with Crippen LogP contribution in [0.4, 0.5) is 5.82 Å². The summed E-state index contributed by atoms with van der Waals surface area (Å²) in [7, 11) is -3.33. The number of anilines is 1. The quantitative estimate of drug-likeness (QED) is 0.890. The molecule has 2 heterocycles. The number of amides is 1. The zero-order valence-corrected chi connectivity index (χ0v) is 14.7. The molecule has 1 aromatic heterocycles. The second-order valence-corrected chi connectivity index (χ2v) is 7.54. The molecule has 24 heavy (non-hydrogen) atoms. The van der Waals surface area contributed by atoms with Crippen molar-refractivity contribution < 1.29 is 13.2 Å². The fraction of sp³-hybridized carbons (Fsp3) is 0.250. The van der Waals surface area contributed by atoms with E-state index in [1.165, 1.54) is 6.26 Å². The molecule has 1 saturated heterocycles. The SMILES string of the molecule is CS(=O)(=O)c1ccccc1-c1ccc(N2CC[C@H](N)C2=O)nc1.Cl. The van der Waals surface area contributed by atoms with Crippen LogP contribution in [0.15, 0.2) is 47.5 Å². The highest BCUT2D eigenvalue weighted by molar-refractivity contribution is 7.90. The Kier molecular flexibility index (Phi) is 5.27. The number of carbonyl (C=O) groups is 1. The molecule has 1 amide bonds. The predicted molar refractivity (Wildman–Crippen MR) is 95.0 cm³/mol. The Labute approximate surface area is 147 Å². The summed E-state index contributed by atoms with van der Waals surface area (Å²) in [5, 5.41) is 0. The van der Waals surface area contributed by atoms with E-state index < -0.39 is 15.9 Å². The van der Waals surface area contributed by atoms with Gasteiger partial charge in [0.15, 0.2) is 9.84 Å². The average Bonchev–Trinajstić information content (AvgIpc) is 2.86. The summed E-state index contributed by atoms with van der Waals surface area (Å²) in [5.41, 5.74) is 6.99. The molecule has 128 valence electrons. The van der Waals surface area contributed by atoms with E-state index in [4.69, 9.17) is 5.73 Å². The summed E-state index contributed by atoms with van der Waals surface area (Å²) in [4.78, 5) is 18.0. The van der Waals surface area contributed by atoms with Crippen molar-refractivity contribution in [1.29, 1.82) is 0 Å². The standard InChI is InChI=1S/C16H17N3O3S.ClH/c1-23(21,22)14-5-3-2-4-12(14)11-6-7-15(18-10-11)19-9-8-13(17)16(19)20;/h2-7,10,13H,8-9,17H2,1H3;1H/t13-;/m0./s1. The monoisotopic (exact) mass is 367 g/mol. The van der Waals surface area contributed by atoms with Gasteiger partial charge in [-0.1, -0.05) is 18.2 Å². The zero-order chi connectivity index (χ0) is 16.6. The number of nitrogens with zero attached hydrogens (tertiary/aromatic N) is 2. The van der Waals surface area contributed by atoms with Crippen molar-refractivity contribution in [2.45, 2.75) is 17.4 Å². The molecule has 1 aliphatic rings. The molecular formula is C16H18ClN3O3S. The fourth-order valence-corrected chi connectivity index (χ4v) is 3.57. The number of hydrogen-bond acceptors (Lipinski definition) is 5. The van der Waals surface area contributed by atoms with E-state index in [2.05, 4.69) is 4.98 Å². The van der Waals surface area contributed by atoms with E-state index in [0.717, 1.165) is 0 Å². The Hall–Kier alpha value is -1.96. The van der Waals surface area contributed by atoms with Gasteiger partial charge in [-0.2, -0.15) is 0 Å². The first kappa shape index (κ1) is 18.4. The Morgan fingerprint density at radius 3 is 2.46 bits per heavy atom. The Morgan fingerprint density at radius 2 is 1.92 bits per heavy atom. The summed E-state index contributed by atoms with van der Waals surface area (Å²) in [6.07, 6.45) is 3.37. The molecule has 6 nitrogen and oxygen atoms in total. The molecule has 0 aliphatic carbocycles. The minimum Gasteiger partial charge on any atom is -0.320 e. The Balaban J connectivity index is 0.00000208. The van der Waals surface area contributed by atoms with Crippen LogP contribution < -0.4 is 10.6 Å². The summed E-state index contributed by atoms with van der Waals surface area (Å²) < 4.78 is 23.8.